The molecule has 0 heterocycles. The molecule has 5 heteroatoms. The fourth-order valence-electron chi connectivity index (χ4n) is 1.74. The molecule has 0 bridgehead atoms. The number of phenols is 1. The summed E-state index contributed by atoms with van der Waals surface area (Å²) in [6.07, 6.45) is 0. The summed E-state index contributed by atoms with van der Waals surface area (Å²) < 4.78 is 13.8. The molecule has 0 unspecified atom stereocenters. The van der Waals surface area contributed by atoms with Gasteiger partial charge in [-0.05, 0) is 36.8 Å². The highest BCUT2D eigenvalue weighted by Crippen LogP contribution is 2.20. The number of carbonyl (C=O) groups is 1. The number of carbonyl (C=O) groups excluding carboxylic acids is 1. The second kappa shape index (κ2) is 4.97. The van der Waals surface area contributed by atoms with Crippen molar-refractivity contribution in [2.45, 2.75) is 6.92 Å². The normalized spacial score (nSPS) is 10.2. The molecule has 0 aromatic heterocycles. The summed E-state index contributed by atoms with van der Waals surface area (Å²) in [7, 11) is 0. The summed E-state index contributed by atoms with van der Waals surface area (Å²) in [5.74, 6) is -1.20. The van der Waals surface area contributed by atoms with Crippen LogP contribution in [0.25, 0.3) is 0 Å². The van der Waals surface area contributed by atoms with Gasteiger partial charge in [0.15, 0.2) is 0 Å². The van der Waals surface area contributed by atoms with Crippen LogP contribution in [-0.2, 0) is 0 Å². The predicted molar refractivity (Wildman–Crippen MR) is 71.6 cm³/mol. The van der Waals surface area contributed by atoms with Crippen LogP contribution in [0.5, 0.6) is 5.75 Å². The van der Waals surface area contributed by atoms with Crippen molar-refractivity contribution in [3.05, 3.63) is 53.3 Å². The first-order chi connectivity index (χ1) is 8.97. The molecule has 0 spiro atoms. The van der Waals surface area contributed by atoms with Crippen LogP contribution in [0.3, 0.4) is 0 Å². The maximum atomic E-state index is 13.8. The van der Waals surface area contributed by atoms with Gasteiger partial charge in [0.25, 0.3) is 5.91 Å². The number of nitrogens with two attached hydrogens (primary N) is 1. The summed E-state index contributed by atoms with van der Waals surface area (Å²) >= 11 is 0. The molecule has 4 N–H and O–H groups in total. The number of aryl methyl sites for hydroxylation is 1. The molecule has 0 aliphatic rings. The fourth-order valence-corrected chi connectivity index (χ4v) is 1.74. The lowest BCUT2D eigenvalue weighted by molar-refractivity contribution is 0.102. The lowest BCUT2D eigenvalue weighted by Crippen LogP contribution is -2.15. The first-order valence-electron chi connectivity index (χ1n) is 5.63. The quantitative estimate of drug-likeness (QED) is 0.727. The van der Waals surface area contributed by atoms with Gasteiger partial charge in [-0.2, -0.15) is 0 Å². The van der Waals surface area contributed by atoms with E-state index in [1.54, 1.807) is 12.1 Å². The van der Waals surface area contributed by atoms with Crippen LogP contribution >= 0.6 is 0 Å². The zero-order chi connectivity index (χ0) is 14.0. The number of anilines is 2. The van der Waals surface area contributed by atoms with E-state index in [-0.39, 0.29) is 11.3 Å². The van der Waals surface area contributed by atoms with Crippen LogP contribution < -0.4 is 11.1 Å². The number of nitrogens with one attached hydrogen (secondary N) is 1. The molecule has 1 amide bonds. The van der Waals surface area contributed by atoms with E-state index in [1.807, 2.05) is 0 Å². The van der Waals surface area contributed by atoms with Gasteiger partial charge in [0, 0.05) is 17.4 Å². The van der Waals surface area contributed by atoms with E-state index in [2.05, 4.69) is 5.32 Å². The third-order valence-electron chi connectivity index (χ3n) is 2.63. The predicted octanol–water partition coefficient (Wildman–Crippen LogP) is 2.67. The van der Waals surface area contributed by atoms with Gasteiger partial charge < -0.3 is 16.2 Å². The summed E-state index contributed by atoms with van der Waals surface area (Å²) in [5, 5.41) is 11.8. The van der Waals surface area contributed by atoms with Crippen molar-refractivity contribution < 1.29 is 14.3 Å². The Bertz CT molecular complexity index is 641. The zero-order valence-electron chi connectivity index (χ0n) is 10.3. The van der Waals surface area contributed by atoms with Crippen molar-refractivity contribution in [3.8, 4) is 5.75 Å². The minimum atomic E-state index is -0.612. The largest absolute Gasteiger partial charge is 0.508 e. The third-order valence-corrected chi connectivity index (χ3v) is 2.63. The van der Waals surface area contributed by atoms with Gasteiger partial charge >= 0.3 is 0 Å². The van der Waals surface area contributed by atoms with Crippen molar-refractivity contribution in [2.24, 2.45) is 0 Å². The van der Waals surface area contributed by atoms with E-state index in [0.717, 1.165) is 0 Å². The lowest BCUT2D eigenvalue weighted by atomic mass is 10.1. The molecule has 2 rings (SSSR count). The average Bonchev–Trinajstić information content (AvgIpc) is 2.33. The van der Waals surface area contributed by atoms with Gasteiger partial charge in [-0.3, -0.25) is 4.79 Å². The Hall–Kier alpha value is -2.56. The number of aromatic hydroxyl groups is 1. The number of nitrogen functional groups attached to an aromatic ring is 1. The van der Waals surface area contributed by atoms with E-state index < -0.39 is 11.7 Å². The highest BCUT2D eigenvalue weighted by atomic mass is 19.1. The highest BCUT2D eigenvalue weighted by Gasteiger charge is 2.15. The second-order valence-corrected chi connectivity index (χ2v) is 4.20. The lowest BCUT2D eigenvalue weighted by Gasteiger charge is -2.09. The number of halogens is 1. The van der Waals surface area contributed by atoms with Crippen LogP contribution in [-0.4, -0.2) is 11.0 Å². The second-order valence-electron chi connectivity index (χ2n) is 4.20. The molecule has 0 radical (unpaired) electrons. The van der Waals surface area contributed by atoms with Gasteiger partial charge in [-0.1, -0.05) is 6.07 Å². The number of phenolic OH excluding ortho intramolecular Hbond substituents is 1. The minimum Gasteiger partial charge on any atom is -0.508 e. The zero-order valence-corrected chi connectivity index (χ0v) is 10.3. The van der Waals surface area contributed by atoms with Crippen molar-refractivity contribution in [1.82, 2.24) is 0 Å². The summed E-state index contributed by atoms with van der Waals surface area (Å²) in [6, 6.07) is 8.75. The number of hydrogen-bond donors (Lipinski definition) is 3. The Kier molecular flexibility index (Phi) is 3.37. The monoisotopic (exact) mass is 260 g/mol. The van der Waals surface area contributed by atoms with E-state index >= 15 is 0 Å². The number of amides is 1. The Labute approximate surface area is 109 Å². The molecule has 0 fully saturated rings. The smallest absolute Gasteiger partial charge is 0.258 e. The molecule has 0 saturated carbocycles. The van der Waals surface area contributed by atoms with Crippen LogP contribution in [0.15, 0.2) is 36.4 Å². The topological polar surface area (TPSA) is 75.4 Å². The van der Waals surface area contributed by atoms with Crippen LogP contribution in [0, 0.1) is 12.7 Å². The SMILES string of the molecule is Cc1cc(N)cc(C(=O)Nc2cccc(O)c2)c1F. The highest BCUT2D eigenvalue weighted by molar-refractivity contribution is 6.05. The van der Waals surface area contributed by atoms with Crippen LogP contribution in [0.1, 0.15) is 15.9 Å². The van der Waals surface area contributed by atoms with Gasteiger partial charge in [0.2, 0.25) is 0 Å². The number of benzene rings is 2. The van der Waals surface area contributed by atoms with E-state index in [9.17, 15) is 14.3 Å². The van der Waals surface area contributed by atoms with Gasteiger partial charge in [-0.25, -0.2) is 4.39 Å². The molecule has 98 valence electrons. The molecule has 0 atom stereocenters. The molecular formula is C14H13FN2O2. The molecule has 4 nitrogen and oxygen atoms in total. The summed E-state index contributed by atoms with van der Waals surface area (Å²) in [4.78, 5) is 12.0. The van der Waals surface area contributed by atoms with Crippen LogP contribution in [0.2, 0.25) is 0 Å². The van der Waals surface area contributed by atoms with Gasteiger partial charge in [-0.15, -0.1) is 0 Å². The number of hydrogen-bond acceptors (Lipinski definition) is 3. The Morgan fingerprint density at radius 1 is 1.32 bits per heavy atom. The summed E-state index contributed by atoms with van der Waals surface area (Å²) in [6.45, 7) is 1.54. The van der Waals surface area contributed by atoms with Crippen molar-refractivity contribution in [3.63, 3.8) is 0 Å². The maximum Gasteiger partial charge on any atom is 0.258 e. The molecule has 0 aliphatic heterocycles. The molecule has 0 aliphatic carbocycles. The van der Waals surface area contributed by atoms with Gasteiger partial charge in [0.1, 0.15) is 11.6 Å². The minimum absolute atomic E-state index is 0.0158. The van der Waals surface area contributed by atoms with Crippen molar-refractivity contribution >= 4 is 17.3 Å². The molecule has 2 aromatic rings. The standard InChI is InChI=1S/C14H13FN2O2/c1-8-5-9(16)6-12(13(8)15)14(19)17-10-3-2-4-11(18)7-10/h2-7,18H,16H2,1H3,(H,17,19). The van der Waals surface area contributed by atoms with Crippen LogP contribution in [0.4, 0.5) is 15.8 Å². The third kappa shape index (κ3) is 2.82. The Balaban J connectivity index is 2.30. The average molecular weight is 260 g/mol. The molecule has 19 heavy (non-hydrogen) atoms. The van der Waals surface area contributed by atoms with E-state index in [1.165, 1.54) is 31.2 Å². The number of rotatable bonds is 2. The molecule has 2 aromatic carbocycles. The Morgan fingerprint density at radius 3 is 2.74 bits per heavy atom. The van der Waals surface area contributed by atoms with Crippen molar-refractivity contribution in [2.75, 3.05) is 11.1 Å². The fraction of sp³-hybridized carbons (Fsp3) is 0.0714. The molecular weight excluding hydrogens is 247 g/mol. The first kappa shape index (κ1) is 12.9. The first-order valence-corrected chi connectivity index (χ1v) is 5.63. The maximum absolute atomic E-state index is 13.8. The van der Waals surface area contributed by atoms with E-state index in [0.29, 0.717) is 16.9 Å². The summed E-state index contributed by atoms with van der Waals surface area (Å²) in [5.41, 5.74) is 6.48. The molecule has 0 saturated heterocycles. The van der Waals surface area contributed by atoms with Crippen molar-refractivity contribution in [1.29, 1.82) is 0 Å². The Morgan fingerprint density at radius 2 is 2.05 bits per heavy atom. The van der Waals surface area contributed by atoms with E-state index in [4.69, 9.17) is 5.73 Å². The van der Waals surface area contributed by atoms with Gasteiger partial charge in [0.05, 0.1) is 5.56 Å².